The van der Waals surface area contributed by atoms with Crippen molar-refractivity contribution in [3.8, 4) is 5.88 Å². The van der Waals surface area contributed by atoms with Crippen LogP contribution >= 0.6 is 0 Å². The maximum absolute atomic E-state index is 11.9. The fraction of sp³-hybridized carbons (Fsp3) is 0.500. The summed E-state index contributed by atoms with van der Waals surface area (Å²) < 4.78 is 28.7. The van der Waals surface area contributed by atoms with Crippen LogP contribution in [0.4, 0.5) is 14.6 Å². The number of ether oxygens (including phenoxy) is 1. The van der Waals surface area contributed by atoms with Gasteiger partial charge in [0.05, 0.1) is 5.56 Å². The van der Waals surface area contributed by atoms with E-state index in [0.29, 0.717) is 17.2 Å². The monoisotopic (exact) mass is 218 g/mol. The zero-order chi connectivity index (χ0) is 11.4. The van der Waals surface area contributed by atoms with E-state index in [1.54, 1.807) is 13.8 Å². The summed E-state index contributed by atoms with van der Waals surface area (Å²) in [5.74, 6) is 6.09. The molecule has 1 heterocycles. The van der Waals surface area contributed by atoms with Crippen molar-refractivity contribution in [1.29, 1.82) is 0 Å². The molecule has 1 aromatic heterocycles. The molecule has 84 valence electrons. The molecule has 0 aliphatic heterocycles. The van der Waals surface area contributed by atoms with Crippen molar-refractivity contribution >= 4 is 5.82 Å². The molecule has 0 aliphatic rings. The third-order valence-corrected chi connectivity index (χ3v) is 1.70. The van der Waals surface area contributed by atoms with Gasteiger partial charge in [-0.2, -0.15) is 4.98 Å². The highest BCUT2D eigenvalue weighted by molar-refractivity contribution is 5.47. The summed E-state index contributed by atoms with van der Waals surface area (Å²) in [6.45, 7) is 2.56. The van der Waals surface area contributed by atoms with Crippen molar-refractivity contribution in [1.82, 2.24) is 9.97 Å². The normalized spacial score (nSPS) is 10.5. The van der Waals surface area contributed by atoms with Crippen LogP contribution < -0.4 is 16.0 Å². The van der Waals surface area contributed by atoms with Crippen molar-refractivity contribution in [3.63, 3.8) is 0 Å². The van der Waals surface area contributed by atoms with E-state index in [1.165, 1.54) is 0 Å². The first-order chi connectivity index (χ1) is 7.04. The van der Waals surface area contributed by atoms with Gasteiger partial charge in [-0.15, -0.1) is 0 Å². The van der Waals surface area contributed by atoms with Crippen molar-refractivity contribution in [2.45, 2.75) is 20.3 Å². The number of halogens is 2. The van der Waals surface area contributed by atoms with Crippen molar-refractivity contribution in [2.24, 2.45) is 5.84 Å². The summed E-state index contributed by atoms with van der Waals surface area (Å²) in [5, 5.41) is 0. The molecule has 0 bridgehead atoms. The number of nitrogen functional groups attached to an aromatic ring is 1. The second kappa shape index (κ2) is 4.83. The van der Waals surface area contributed by atoms with E-state index in [1.807, 2.05) is 0 Å². The Morgan fingerprint density at radius 3 is 2.60 bits per heavy atom. The van der Waals surface area contributed by atoms with Gasteiger partial charge in [0, 0.05) is 0 Å². The van der Waals surface area contributed by atoms with E-state index in [9.17, 15) is 8.78 Å². The zero-order valence-electron chi connectivity index (χ0n) is 8.42. The van der Waals surface area contributed by atoms with Crippen LogP contribution in [0.15, 0.2) is 0 Å². The average molecular weight is 218 g/mol. The van der Waals surface area contributed by atoms with Gasteiger partial charge in [-0.3, -0.25) is 0 Å². The number of aromatic nitrogens is 2. The van der Waals surface area contributed by atoms with Crippen LogP contribution in [0.2, 0.25) is 0 Å². The molecule has 0 spiro atoms. The second-order valence-corrected chi connectivity index (χ2v) is 2.90. The van der Waals surface area contributed by atoms with E-state index in [2.05, 4.69) is 15.4 Å². The lowest BCUT2D eigenvalue weighted by atomic mass is 10.3. The molecule has 1 rings (SSSR count). The quantitative estimate of drug-likeness (QED) is 0.583. The molecule has 1 aromatic rings. The first kappa shape index (κ1) is 11.6. The first-order valence-corrected chi connectivity index (χ1v) is 4.27. The predicted molar refractivity (Wildman–Crippen MR) is 50.8 cm³/mol. The third kappa shape index (κ3) is 2.98. The summed E-state index contributed by atoms with van der Waals surface area (Å²) in [7, 11) is 0. The topological polar surface area (TPSA) is 73.1 Å². The Balaban J connectivity index is 2.91. The Labute approximate surface area is 85.6 Å². The van der Waals surface area contributed by atoms with Crippen LogP contribution in [0, 0.1) is 13.8 Å². The molecule has 0 atom stereocenters. The minimum atomic E-state index is -2.53. The largest absolute Gasteiger partial charge is 0.471 e. The van der Waals surface area contributed by atoms with Gasteiger partial charge in [0.15, 0.2) is 6.61 Å². The number of hydrogen-bond donors (Lipinski definition) is 2. The number of alkyl halides is 2. The summed E-state index contributed by atoms with van der Waals surface area (Å²) in [6, 6.07) is 0. The van der Waals surface area contributed by atoms with E-state index >= 15 is 0 Å². The number of anilines is 1. The number of hydrazine groups is 1. The van der Waals surface area contributed by atoms with Gasteiger partial charge in [0.2, 0.25) is 5.88 Å². The maximum Gasteiger partial charge on any atom is 0.272 e. The van der Waals surface area contributed by atoms with Crippen LogP contribution in [0.3, 0.4) is 0 Å². The summed E-state index contributed by atoms with van der Waals surface area (Å²) in [6.07, 6.45) is -2.53. The van der Waals surface area contributed by atoms with Crippen LogP contribution in [0.1, 0.15) is 11.4 Å². The Morgan fingerprint density at radius 1 is 1.40 bits per heavy atom. The van der Waals surface area contributed by atoms with Crippen molar-refractivity contribution in [2.75, 3.05) is 12.0 Å². The molecule has 3 N–H and O–H groups in total. The minimum Gasteiger partial charge on any atom is -0.471 e. The molecule has 0 saturated heterocycles. The van der Waals surface area contributed by atoms with Gasteiger partial charge in [0.25, 0.3) is 6.43 Å². The smallest absolute Gasteiger partial charge is 0.272 e. The Bertz CT molecular complexity index is 346. The highest BCUT2D eigenvalue weighted by Crippen LogP contribution is 2.21. The Hall–Kier alpha value is -1.50. The van der Waals surface area contributed by atoms with Crippen LogP contribution in [-0.2, 0) is 0 Å². The first-order valence-electron chi connectivity index (χ1n) is 4.27. The van der Waals surface area contributed by atoms with Crippen LogP contribution in [0.5, 0.6) is 5.88 Å². The van der Waals surface area contributed by atoms with Gasteiger partial charge < -0.3 is 10.2 Å². The molecule has 0 amide bonds. The molecule has 5 nitrogen and oxygen atoms in total. The van der Waals surface area contributed by atoms with Gasteiger partial charge in [-0.05, 0) is 13.8 Å². The third-order valence-electron chi connectivity index (χ3n) is 1.70. The number of nitrogens with one attached hydrogen (secondary N) is 1. The standard InChI is InChI=1S/C8H12F2N4O/c1-4-7(14-11)12-5(2)13-8(4)15-3-6(9)10/h6H,3,11H2,1-2H3,(H,12,13,14). The lowest BCUT2D eigenvalue weighted by Gasteiger charge is -2.11. The number of nitrogens with two attached hydrogens (primary N) is 1. The van der Waals surface area contributed by atoms with Crippen LogP contribution in [0.25, 0.3) is 0 Å². The van der Waals surface area contributed by atoms with Gasteiger partial charge >= 0.3 is 0 Å². The number of hydrogen-bond acceptors (Lipinski definition) is 5. The summed E-state index contributed by atoms with van der Waals surface area (Å²) in [5.41, 5.74) is 2.85. The minimum absolute atomic E-state index is 0.121. The van der Waals surface area contributed by atoms with E-state index in [4.69, 9.17) is 10.6 Å². The second-order valence-electron chi connectivity index (χ2n) is 2.90. The van der Waals surface area contributed by atoms with Crippen molar-refractivity contribution < 1.29 is 13.5 Å². The van der Waals surface area contributed by atoms with Gasteiger partial charge in [0.1, 0.15) is 11.6 Å². The lowest BCUT2D eigenvalue weighted by Crippen LogP contribution is -2.14. The number of aryl methyl sites for hydroxylation is 1. The zero-order valence-corrected chi connectivity index (χ0v) is 8.42. The van der Waals surface area contributed by atoms with Crippen LogP contribution in [-0.4, -0.2) is 23.0 Å². The average Bonchev–Trinajstić information content (AvgIpc) is 2.18. The molecular formula is C8H12F2N4O. The van der Waals surface area contributed by atoms with E-state index < -0.39 is 13.0 Å². The molecule has 7 heteroatoms. The van der Waals surface area contributed by atoms with Crippen molar-refractivity contribution in [3.05, 3.63) is 11.4 Å². The van der Waals surface area contributed by atoms with E-state index in [-0.39, 0.29) is 5.88 Å². The molecular weight excluding hydrogens is 206 g/mol. The molecule has 0 unspecified atom stereocenters. The summed E-state index contributed by atoms with van der Waals surface area (Å²) in [4.78, 5) is 7.86. The van der Waals surface area contributed by atoms with Gasteiger partial charge in [-0.1, -0.05) is 0 Å². The fourth-order valence-electron chi connectivity index (χ4n) is 1.03. The highest BCUT2D eigenvalue weighted by atomic mass is 19.3. The molecule has 0 aromatic carbocycles. The predicted octanol–water partition coefficient (Wildman–Crippen LogP) is 1.02. The fourth-order valence-corrected chi connectivity index (χ4v) is 1.03. The number of nitrogens with zero attached hydrogens (tertiary/aromatic N) is 2. The van der Waals surface area contributed by atoms with E-state index in [0.717, 1.165) is 0 Å². The number of rotatable bonds is 4. The molecule has 15 heavy (non-hydrogen) atoms. The SMILES string of the molecule is Cc1nc(NN)c(C)c(OCC(F)F)n1. The Morgan fingerprint density at radius 2 is 2.07 bits per heavy atom. The lowest BCUT2D eigenvalue weighted by molar-refractivity contribution is 0.0791. The molecule has 0 aliphatic carbocycles. The molecule has 0 fully saturated rings. The molecule has 0 radical (unpaired) electrons. The highest BCUT2D eigenvalue weighted by Gasteiger charge is 2.11. The maximum atomic E-state index is 11.9. The Kier molecular flexibility index (Phi) is 3.73. The molecule has 0 saturated carbocycles. The van der Waals surface area contributed by atoms with Gasteiger partial charge in [-0.25, -0.2) is 19.6 Å². The summed E-state index contributed by atoms with van der Waals surface area (Å²) >= 11 is 0.